The summed E-state index contributed by atoms with van der Waals surface area (Å²) in [6.07, 6.45) is 0.590. The van der Waals surface area contributed by atoms with Crippen molar-refractivity contribution in [2.24, 2.45) is 0 Å². The average Bonchev–Trinajstić information content (AvgIpc) is 2.04. The van der Waals surface area contributed by atoms with Crippen molar-refractivity contribution >= 4 is 40.9 Å². The van der Waals surface area contributed by atoms with Gasteiger partial charge in [0, 0.05) is 16.3 Å². The van der Waals surface area contributed by atoms with Crippen molar-refractivity contribution in [3.05, 3.63) is 10.6 Å². The molecule has 0 saturated heterocycles. The first-order valence-corrected chi connectivity index (χ1v) is 5.27. The van der Waals surface area contributed by atoms with Crippen LogP contribution in [0.25, 0.3) is 0 Å². The van der Waals surface area contributed by atoms with E-state index < -0.39 is 11.2 Å². The Morgan fingerprint density at radius 2 is 2.33 bits per heavy atom. The van der Waals surface area contributed by atoms with Crippen LogP contribution in [0.5, 0.6) is 0 Å². The maximum absolute atomic E-state index is 10.5. The van der Waals surface area contributed by atoms with E-state index in [1.807, 2.05) is 6.92 Å². The van der Waals surface area contributed by atoms with Crippen LogP contribution < -0.4 is 0 Å². The van der Waals surface area contributed by atoms with Crippen LogP contribution in [0.2, 0.25) is 0 Å². The van der Waals surface area contributed by atoms with Gasteiger partial charge in [-0.1, -0.05) is 30.1 Å². The number of hydrogen-bond acceptors (Lipinski definition) is 2. The standard InChI is InChI=1S/C7H10Cl2O2S/c1-2-6(7(10)11)12-4-5(9)3-8/h3,6H,2,4H2,1H3,(H,10,11). The molecule has 2 nitrogen and oxygen atoms in total. The summed E-state index contributed by atoms with van der Waals surface area (Å²) < 4.78 is 0. The predicted octanol–water partition coefficient (Wildman–Crippen LogP) is 2.90. The first-order chi connectivity index (χ1) is 5.61. The summed E-state index contributed by atoms with van der Waals surface area (Å²) in [5.74, 6) is -0.350. The molecule has 0 heterocycles. The molecule has 12 heavy (non-hydrogen) atoms. The molecule has 1 atom stereocenters. The molecule has 0 saturated carbocycles. The van der Waals surface area contributed by atoms with E-state index in [2.05, 4.69) is 0 Å². The number of carboxylic acid groups (broad SMARTS) is 1. The number of rotatable bonds is 5. The van der Waals surface area contributed by atoms with Crippen LogP contribution >= 0.6 is 35.0 Å². The van der Waals surface area contributed by atoms with E-state index in [0.29, 0.717) is 17.2 Å². The van der Waals surface area contributed by atoms with Crippen molar-refractivity contribution in [3.8, 4) is 0 Å². The molecule has 0 rings (SSSR count). The number of thioether (sulfide) groups is 1. The Morgan fingerprint density at radius 1 is 1.75 bits per heavy atom. The normalized spacial score (nSPS) is 14.4. The summed E-state index contributed by atoms with van der Waals surface area (Å²) in [6, 6.07) is 0. The molecule has 1 unspecified atom stereocenters. The highest BCUT2D eigenvalue weighted by molar-refractivity contribution is 8.00. The maximum atomic E-state index is 10.5. The Balaban J connectivity index is 3.81. The first kappa shape index (κ1) is 12.1. The van der Waals surface area contributed by atoms with E-state index in [-0.39, 0.29) is 0 Å². The highest BCUT2D eigenvalue weighted by atomic mass is 35.5. The molecular weight excluding hydrogens is 219 g/mol. The zero-order valence-corrected chi connectivity index (χ0v) is 8.92. The van der Waals surface area contributed by atoms with E-state index in [1.54, 1.807) is 0 Å². The van der Waals surface area contributed by atoms with Crippen LogP contribution in [0.1, 0.15) is 13.3 Å². The molecule has 5 heteroatoms. The lowest BCUT2D eigenvalue weighted by Crippen LogP contribution is -2.15. The Bertz CT molecular complexity index is 182. The summed E-state index contributed by atoms with van der Waals surface area (Å²) in [4.78, 5) is 10.5. The molecule has 0 aromatic rings. The molecule has 0 spiro atoms. The number of hydrogen-bond donors (Lipinski definition) is 1. The van der Waals surface area contributed by atoms with Crippen molar-refractivity contribution in [2.75, 3.05) is 5.75 Å². The number of carboxylic acids is 1. The fraction of sp³-hybridized carbons (Fsp3) is 0.571. The van der Waals surface area contributed by atoms with Gasteiger partial charge in [0.1, 0.15) is 5.25 Å². The van der Waals surface area contributed by atoms with Crippen molar-refractivity contribution in [1.82, 2.24) is 0 Å². The molecule has 0 aromatic carbocycles. The second-order valence-corrected chi connectivity index (χ2v) is 4.00. The fourth-order valence-electron chi connectivity index (χ4n) is 0.575. The van der Waals surface area contributed by atoms with Crippen LogP contribution in [0, 0.1) is 0 Å². The van der Waals surface area contributed by atoms with Crippen LogP contribution in [0.3, 0.4) is 0 Å². The quantitative estimate of drug-likeness (QED) is 0.787. The summed E-state index contributed by atoms with van der Waals surface area (Å²) in [5.41, 5.74) is 1.25. The largest absolute Gasteiger partial charge is 0.480 e. The van der Waals surface area contributed by atoms with Gasteiger partial charge in [0.25, 0.3) is 0 Å². The average molecular weight is 229 g/mol. The van der Waals surface area contributed by atoms with Crippen molar-refractivity contribution in [1.29, 1.82) is 0 Å². The van der Waals surface area contributed by atoms with Gasteiger partial charge in [-0.15, -0.1) is 11.8 Å². The topological polar surface area (TPSA) is 37.3 Å². The van der Waals surface area contributed by atoms with Gasteiger partial charge in [-0.25, -0.2) is 0 Å². The first-order valence-electron chi connectivity index (χ1n) is 3.41. The minimum atomic E-state index is -0.804. The SMILES string of the molecule is CCC(SCC(Cl)=CCl)C(=O)O. The second-order valence-electron chi connectivity index (χ2n) is 2.10. The molecule has 0 aliphatic carbocycles. The molecule has 1 N–H and O–H groups in total. The molecule has 0 fully saturated rings. The third-order valence-corrected chi connectivity index (χ3v) is 3.38. The predicted molar refractivity (Wildman–Crippen MR) is 54.0 cm³/mol. The molecule has 0 aliphatic rings. The van der Waals surface area contributed by atoms with E-state index in [4.69, 9.17) is 28.3 Å². The van der Waals surface area contributed by atoms with E-state index in [9.17, 15) is 4.79 Å². The highest BCUT2D eigenvalue weighted by Crippen LogP contribution is 2.20. The molecule has 0 radical (unpaired) electrons. The monoisotopic (exact) mass is 228 g/mol. The van der Waals surface area contributed by atoms with Gasteiger partial charge in [0.05, 0.1) is 0 Å². The summed E-state index contributed by atoms with van der Waals surface area (Å²) in [6.45, 7) is 1.82. The minimum absolute atomic E-state index is 0.393. The Morgan fingerprint density at radius 3 is 2.67 bits per heavy atom. The Hall–Kier alpha value is 0.140. The summed E-state index contributed by atoms with van der Waals surface area (Å²) in [7, 11) is 0. The van der Waals surface area contributed by atoms with Crippen molar-refractivity contribution in [2.45, 2.75) is 18.6 Å². The van der Waals surface area contributed by atoms with Gasteiger partial charge < -0.3 is 5.11 Å². The van der Waals surface area contributed by atoms with Gasteiger partial charge in [-0.05, 0) is 6.42 Å². The van der Waals surface area contributed by atoms with Crippen molar-refractivity contribution < 1.29 is 9.90 Å². The third kappa shape index (κ3) is 4.91. The molecule has 0 aliphatic heterocycles. The Kier molecular flexibility index (Phi) is 6.71. The van der Waals surface area contributed by atoms with E-state index in [0.717, 1.165) is 0 Å². The fourth-order valence-corrected chi connectivity index (χ4v) is 1.76. The van der Waals surface area contributed by atoms with Crippen LogP contribution in [0.15, 0.2) is 10.6 Å². The molecule has 0 amide bonds. The zero-order valence-electron chi connectivity index (χ0n) is 6.59. The van der Waals surface area contributed by atoms with Gasteiger partial charge in [-0.2, -0.15) is 0 Å². The van der Waals surface area contributed by atoms with Gasteiger partial charge in [0.15, 0.2) is 0 Å². The molecule has 0 aromatic heterocycles. The summed E-state index contributed by atoms with van der Waals surface area (Å²) in [5, 5.41) is 8.72. The molecular formula is C7H10Cl2O2S. The maximum Gasteiger partial charge on any atom is 0.316 e. The molecule has 0 bridgehead atoms. The number of aliphatic carboxylic acids is 1. The summed E-state index contributed by atoms with van der Waals surface area (Å²) >= 11 is 12.2. The van der Waals surface area contributed by atoms with Gasteiger partial charge >= 0.3 is 5.97 Å². The lowest BCUT2D eigenvalue weighted by molar-refractivity contribution is -0.136. The van der Waals surface area contributed by atoms with Crippen molar-refractivity contribution in [3.63, 3.8) is 0 Å². The van der Waals surface area contributed by atoms with Crippen LogP contribution in [-0.2, 0) is 4.79 Å². The lowest BCUT2D eigenvalue weighted by atomic mass is 10.3. The van der Waals surface area contributed by atoms with Gasteiger partial charge in [-0.3, -0.25) is 4.79 Å². The van der Waals surface area contributed by atoms with E-state index in [1.165, 1.54) is 17.3 Å². The van der Waals surface area contributed by atoms with Crippen LogP contribution in [-0.4, -0.2) is 22.1 Å². The molecule has 70 valence electrons. The van der Waals surface area contributed by atoms with Gasteiger partial charge in [0.2, 0.25) is 0 Å². The van der Waals surface area contributed by atoms with E-state index >= 15 is 0 Å². The zero-order chi connectivity index (χ0) is 9.56. The minimum Gasteiger partial charge on any atom is -0.480 e. The Labute approximate surface area is 85.9 Å². The lowest BCUT2D eigenvalue weighted by Gasteiger charge is -2.07. The number of carbonyl (C=O) groups is 1. The smallest absolute Gasteiger partial charge is 0.316 e. The second kappa shape index (κ2) is 6.63. The van der Waals surface area contributed by atoms with Crippen LogP contribution in [0.4, 0.5) is 0 Å². The number of halogens is 2. The third-order valence-electron chi connectivity index (χ3n) is 1.19. The highest BCUT2D eigenvalue weighted by Gasteiger charge is 2.15.